The quantitative estimate of drug-likeness (QED) is 0.702. The molecule has 2 aliphatic rings. The van der Waals surface area contributed by atoms with Crippen LogP contribution in [0.25, 0.3) is 0 Å². The third kappa shape index (κ3) is 4.04. The van der Waals surface area contributed by atoms with E-state index in [4.69, 9.17) is 14.2 Å². The molecule has 1 aromatic rings. The first-order valence-corrected chi connectivity index (χ1v) is 9.71. The summed E-state index contributed by atoms with van der Waals surface area (Å²) in [6.45, 7) is 0.411. The Morgan fingerprint density at radius 1 is 1.24 bits per heavy atom. The summed E-state index contributed by atoms with van der Waals surface area (Å²) >= 11 is 0. The molecular formula is C16H19NO7S. The fourth-order valence-electron chi connectivity index (χ4n) is 2.77. The fourth-order valence-corrected chi connectivity index (χ4v) is 4.54. The minimum atomic E-state index is -3.08. The summed E-state index contributed by atoms with van der Waals surface area (Å²) in [5.74, 6) is -0.0513. The summed E-state index contributed by atoms with van der Waals surface area (Å²) in [4.78, 5) is 25.6. The molecule has 0 spiro atoms. The van der Waals surface area contributed by atoms with Crippen LogP contribution in [0.5, 0.6) is 11.5 Å². The number of ether oxygens (including phenoxy) is 3. The lowest BCUT2D eigenvalue weighted by Crippen LogP contribution is -2.40. The van der Waals surface area contributed by atoms with Gasteiger partial charge in [0.1, 0.15) is 13.2 Å². The minimum absolute atomic E-state index is 0.0503. The number of fused-ring (bicyclic) bond motifs is 1. The van der Waals surface area contributed by atoms with E-state index in [9.17, 15) is 18.0 Å². The van der Waals surface area contributed by atoms with Crippen molar-refractivity contribution in [1.82, 2.24) is 4.90 Å². The minimum Gasteiger partial charge on any atom is -0.486 e. The van der Waals surface area contributed by atoms with Crippen LogP contribution in [-0.2, 0) is 19.4 Å². The van der Waals surface area contributed by atoms with E-state index in [0.717, 1.165) is 0 Å². The highest BCUT2D eigenvalue weighted by atomic mass is 32.2. The highest BCUT2D eigenvalue weighted by Gasteiger charge is 2.33. The van der Waals surface area contributed by atoms with E-state index in [0.29, 0.717) is 31.1 Å². The second-order valence-electron chi connectivity index (χ2n) is 6.00. The zero-order chi connectivity index (χ0) is 18.0. The Balaban J connectivity index is 1.56. The van der Waals surface area contributed by atoms with Crippen molar-refractivity contribution in [3.8, 4) is 11.5 Å². The fraction of sp³-hybridized carbons (Fsp3) is 0.500. The molecule has 0 radical (unpaired) electrons. The largest absolute Gasteiger partial charge is 0.486 e. The summed E-state index contributed by atoms with van der Waals surface area (Å²) in [5.41, 5.74) is 0.253. The molecule has 0 unspecified atom stereocenters. The van der Waals surface area contributed by atoms with E-state index in [1.54, 1.807) is 6.07 Å². The van der Waals surface area contributed by atoms with E-state index < -0.39 is 28.3 Å². The average Bonchev–Trinajstić information content (AvgIpc) is 2.98. The standard InChI is InChI=1S/C16H19NO7S/c1-17(12-4-7-25(20,21)10-12)15(18)9-24-16(19)11-2-3-13-14(8-11)23-6-5-22-13/h2-3,8,12H,4-7,9-10H2,1H3/t12-/m1/s1. The molecule has 25 heavy (non-hydrogen) atoms. The van der Waals surface area contributed by atoms with E-state index in [2.05, 4.69) is 0 Å². The molecule has 0 aliphatic carbocycles. The number of amides is 1. The maximum atomic E-state index is 12.1. The van der Waals surface area contributed by atoms with Gasteiger partial charge in [-0.25, -0.2) is 13.2 Å². The normalized spacial score (nSPS) is 20.8. The Labute approximate surface area is 145 Å². The van der Waals surface area contributed by atoms with Crippen molar-refractivity contribution in [3.63, 3.8) is 0 Å². The zero-order valence-corrected chi connectivity index (χ0v) is 14.6. The molecule has 0 N–H and O–H groups in total. The van der Waals surface area contributed by atoms with Gasteiger partial charge in [0.15, 0.2) is 27.9 Å². The predicted molar refractivity (Wildman–Crippen MR) is 87.5 cm³/mol. The van der Waals surface area contributed by atoms with Crippen LogP contribution in [-0.4, -0.2) is 69.6 Å². The molecule has 136 valence electrons. The highest BCUT2D eigenvalue weighted by Crippen LogP contribution is 2.30. The number of hydrogen-bond acceptors (Lipinski definition) is 7. The van der Waals surface area contributed by atoms with Gasteiger partial charge in [-0.2, -0.15) is 0 Å². The maximum absolute atomic E-state index is 12.1. The van der Waals surface area contributed by atoms with Crippen molar-refractivity contribution in [3.05, 3.63) is 23.8 Å². The third-order valence-corrected chi connectivity index (χ3v) is 6.00. The molecule has 0 bridgehead atoms. The van der Waals surface area contributed by atoms with E-state index in [-0.39, 0.29) is 23.1 Å². The molecule has 1 saturated heterocycles. The Morgan fingerprint density at radius 3 is 2.64 bits per heavy atom. The molecule has 0 saturated carbocycles. The Morgan fingerprint density at radius 2 is 1.96 bits per heavy atom. The molecule has 3 rings (SSSR count). The molecule has 1 aromatic carbocycles. The molecular weight excluding hydrogens is 350 g/mol. The smallest absolute Gasteiger partial charge is 0.338 e. The molecule has 8 nitrogen and oxygen atoms in total. The summed E-state index contributed by atoms with van der Waals surface area (Å²) in [6.07, 6.45) is 0.403. The SMILES string of the molecule is CN(C(=O)COC(=O)c1ccc2c(c1)OCCO2)[C@@H]1CCS(=O)(=O)C1. The molecule has 1 atom stereocenters. The molecule has 1 amide bonds. The van der Waals surface area contributed by atoms with Crippen LogP contribution < -0.4 is 9.47 Å². The third-order valence-electron chi connectivity index (χ3n) is 4.25. The van der Waals surface area contributed by atoms with E-state index in [1.165, 1.54) is 24.1 Å². The first-order chi connectivity index (χ1) is 11.9. The predicted octanol–water partition coefficient (Wildman–Crippen LogP) is 0.260. The van der Waals surface area contributed by atoms with Gasteiger partial charge in [-0.15, -0.1) is 0 Å². The number of likely N-dealkylation sites (N-methyl/N-ethyl adjacent to an activating group) is 1. The maximum Gasteiger partial charge on any atom is 0.338 e. The number of hydrogen-bond donors (Lipinski definition) is 0. The first kappa shape index (κ1) is 17.5. The van der Waals surface area contributed by atoms with Crippen molar-refractivity contribution >= 4 is 21.7 Å². The van der Waals surface area contributed by atoms with E-state index >= 15 is 0 Å². The monoisotopic (exact) mass is 369 g/mol. The van der Waals surface area contributed by atoms with E-state index in [1.807, 2.05) is 0 Å². The summed E-state index contributed by atoms with van der Waals surface area (Å²) < 4.78 is 38.8. The zero-order valence-electron chi connectivity index (χ0n) is 13.8. The number of nitrogens with zero attached hydrogens (tertiary/aromatic N) is 1. The van der Waals surface area contributed by atoms with Gasteiger partial charge in [0.2, 0.25) is 0 Å². The van der Waals surface area contributed by atoms with Gasteiger partial charge in [0, 0.05) is 13.1 Å². The van der Waals surface area contributed by atoms with Gasteiger partial charge in [-0.3, -0.25) is 4.79 Å². The van der Waals surface area contributed by atoms with Crippen LogP contribution in [0.1, 0.15) is 16.8 Å². The summed E-state index contributed by atoms with van der Waals surface area (Å²) in [5, 5.41) is 0. The van der Waals surface area contributed by atoms with Gasteiger partial charge in [0.25, 0.3) is 5.91 Å². The lowest BCUT2D eigenvalue weighted by molar-refractivity contribution is -0.134. The lowest BCUT2D eigenvalue weighted by atomic mass is 10.2. The first-order valence-electron chi connectivity index (χ1n) is 7.88. The molecule has 9 heteroatoms. The van der Waals surface area contributed by atoms with Gasteiger partial charge < -0.3 is 19.1 Å². The Hall–Kier alpha value is -2.29. The van der Waals surface area contributed by atoms with Crippen LogP contribution in [0.3, 0.4) is 0 Å². The highest BCUT2D eigenvalue weighted by molar-refractivity contribution is 7.91. The van der Waals surface area contributed by atoms with Gasteiger partial charge in [0.05, 0.1) is 17.1 Å². The number of carbonyl (C=O) groups is 2. The number of sulfone groups is 1. The number of carbonyl (C=O) groups excluding carboxylic acids is 2. The number of esters is 1. The molecule has 0 aromatic heterocycles. The topological polar surface area (TPSA) is 99.2 Å². The second-order valence-corrected chi connectivity index (χ2v) is 8.22. The summed E-state index contributed by atoms with van der Waals surface area (Å²) in [6, 6.07) is 4.29. The van der Waals surface area contributed by atoms with Crippen LogP contribution >= 0.6 is 0 Å². The van der Waals surface area contributed by atoms with Gasteiger partial charge in [-0.05, 0) is 24.6 Å². The van der Waals surface area contributed by atoms with Crippen molar-refractivity contribution in [2.75, 3.05) is 38.4 Å². The van der Waals surface area contributed by atoms with Crippen LogP contribution in [0.2, 0.25) is 0 Å². The second kappa shape index (κ2) is 6.91. The molecule has 2 aliphatic heterocycles. The van der Waals surface area contributed by atoms with Crippen molar-refractivity contribution < 1.29 is 32.2 Å². The number of benzene rings is 1. The van der Waals surface area contributed by atoms with Gasteiger partial charge in [-0.1, -0.05) is 0 Å². The van der Waals surface area contributed by atoms with Crippen molar-refractivity contribution in [2.24, 2.45) is 0 Å². The number of rotatable bonds is 4. The van der Waals surface area contributed by atoms with Crippen LogP contribution in [0.4, 0.5) is 0 Å². The van der Waals surface area contributed by atoms with Crippen LogP contribution in [0, 0.1) is 0 Å². The van der Waals surface area contributed by atoms with Crippen molar-refractivity contribution in [1.29, 1.82) is 0 Å². The molecule has 1 fully saturated rings. The summed E-state index contributed by atoms with van der Waals surface area (Å²) in [7, 11) is -1.56. The van der Waals surface area contributed by atoms with Crippen molar-refractivity contribution in [2.45, 2.75) is 12.5 Å². The average molecular weight is 369 g/mol. The van der Waals surface area contributed by atoms with Gasteiger partial charge >= 0.3 is 5.97 Å². The Kier molecular flexibility index (Phi) is 4.85. The Bertz CT molecular complexity index is 790. The molecule has 2 heterocycles. The lowest BCUT2D eigenvalue weighted by Gasteiger charge is -2.23. The van der Waals surface area contributed by atoms with Crippen LogP contribution in [0.15, 0.2) is 18.2 Å².